The number of primary amides is 1. The molecule has 0 unspecified atom stereocenters. The van der Waals surface area contributed by atoms with Gasteiger partial charge in [0.05, 0.1) is 17.5 Å². The number of hydrogen-bond acceptors (Lipinski definition) is 3. The van der Waals surface area contributed by atoms with E-state index < -0.39 is 6.03 Å². The SMILES string of the molecule is Cc1nn(CC(C)C)c(Cl)c1/C=N\NC(N)=O. The Morgan fingerprint density at radius 3 is 2.88 bits per heavy atom. The first kappa shape index (κ1) is 13.5. The molecule has 3 N–H and O–H groups in total. The number of nitrogens with one attached hydrogen (secondary N) is 1. The maximum atomic E-state index is 10.5. The molecule has 0 aliphatic rings. The van der Waals surface area contributed by atoms with E-state index in [1.54, 1.807) is 4.68 Å². The molecule has 7 heteroatoms. The lowest BCUT2D eigenvalue weighted by molar-refractivity contribution is 0.249. The molecular formula is C10H16ClN5O. The van der Waals surface area contributed by atoms with Crippen molar-refractivity contribution in [2.75, 3.05) is 0 Å². The summed E-state index contributed by atoms with van der Waals surface area (Å²) >= 11 is 6.15. The molecule has 1 aromatic heterocycles. The lowest BCUT2D eigenvalue weighted by Gasteiger charge is -2.05. The van der Waals surface area contributed by atoms with Crippen LogP contribution in [-0.4, -0.2) is 22.0 Å². The minimum atomic E-state index is -0.718. The summed E-state index contributed by atoms with van der Waals surface area (Å²) in [7, 11) is 0. The Kier molecular flexibility index (Phi) is 4.51. The largest absolute Gasteiger partial charge is 0.350 e. The van der Waals surface area contributed by atoms with Gasteiger partial charge in [0.1, 0.15) is 5.15 Å². The molecule has 0 radical (unpaired) electrons. The van der Waals surface area contributed by atoms with Crippen molar-refractivity contribution in [3.63, 3.8) is 0 Å². The quantitative estimate of drug-likeness (QED) is 0.633. The fraction of sp³-hybridized carbons (Fsp3) is 0.500. The van der Waals surface area contributed by atoms with Gasteiger partial charge in [-0.25, -0.2) is 10.2 Å². The zero-order chi connectivity index (χ0) is 13.0. The average Bonchev–Trinajstić information content (AvgIpc) is 2.44. The second-order valence-electron chi connectivity index (χ2n) is 4.10. The van der Waals surface area contributed by atoms with Crippen LogP contribution < -0.4 is 11.2 Å². The molecule has 0 aliphatic carbocycles. The summed E-state index contributed by atoms with van der Waals surface area (Å²) in [5.74, 6) is 0.445. The number of hydrazone groups is 1. The van der Waals surface area contributed by atoms with E-state index in [9.17, 15) is 4.79 Å². The number of amides is 2. The Morgan fingerprint density at radius 2 is 2.35 bits per heavy atom. The van der Waals surface area contributed by atoms with Crippen molar-refractivity contribution in [2.45, 2.75) is 27.3 Å². The van der Waals surface area contributed by atoms with Crippen molar-refractivity contribution < 1.29 is 4.79 Å². The van der Waals surface area contributed by atoms with Crippen molar-refractivity contribution in [3.05, 3.63) is 16.4 Å². The first-order chi connectivity index (χ1) is 7.91. The number of nitrogens with two attached hydrogens (primary N) is 1. The maximum absolute atomic E-state index is 10.5. The number of carbonyl (C=O) groups excluding carboxylic acids is 1. The summed E-state index contributed by atoms with van der Waals surface area (Å²) in [6.07, 6.45) is 1.44. The predicted octanol–water partition coefficient (Wildman–Crippen LogP) is 1.50. The number of carbonyl (C=O) groups is 1. The van der Waals surface area contributed by atoms with Gasteiger partial charge in [-0.1, -0.05) is 25.4 Å². The number of halogens is 1. The number of nitrogens with zero attached hydrogens (tertiary/aromatic N) is 3. The highest BCUT2D eigenvalue weighted by Gasteiger charge is 2.12. The third-order valence-corrected chi connectivity index (χ3v) is 2.41. The van der Waals surface area contributed by atoms with Gasteiger partial charge in [0.2, 0.25) is 0 Å². The Hall–Kier alpha value is -1.56. The van der Waals surface area contributed by atoms with Gasteiger partial charge in [-0.3, -0.25) is 4.68 Å². The van der Waals surface area contributed by atoms with Gasteiger partial charge in [-0.05, 0) is 12.8 Å². The predicted molar refractivity (Wildman–Crippen MR) is 67.1 cm³/mol. The fourth-order valence-corrected chi connectivity index (χ4v) is 1.63. The molecular weight excluding hydrogens is 242 g/mol. The number of rotatable bonds is 4. The van der Waals surface area contributed by atoms with Crippen molar-refractivity contribution >= 4 is 23.8 Å². The van der Waals surface area contributed by atoms with Crippen LogP contribution in [0.15, 0.2) is 5.10 Å². The minimum absolute atomic E-state index is 0.445. The maximum Gasteiger partial charge on any atom is 0.332 e. The van der Waals surface area contributed by atoms with Gasteiger partial charge in [-0.15, -0.1) is 0 Å². The number of aromatic nitrogens is 2. The van der Waals surface area contributed by atoms with Crippen LogP contribution in [0.5, 0.6) is 0 Å². The second-order valence-corrected chi connectivity index (χ2v) is 4.46. The molecule has 1 heterocycles. The Bertz CT molecular complexity index is 438. The van der Waals surface area contributed by atoms with Gasteiger partial charge in [0, 0.05) is 6.54 Å². The van der Waals surface area contributed by atoms with Gasteiger partial charge < -0.3 is 5.73 Å². The zero-order valence-corrected chi connectivity index (χ0v) is 10.8. The number of urea groups is 1. The van der Waals surface area contributed by atoms with Crippen LogP contribution in [0.2, 0.25) is 5.15 Å². The Morgan fingerprint density at radius 1 is 1.71 bits per heavy atom. The topological polar surface area (TPSA) is 85.3 Å². The third kappa shape index (κ3) is 3.74. The zero-order valence-electron chi connectivity index (χ0n) is 10.1. The van der Waals surface area contributed by atoms with Gasteiger partial charge in [0.15, 0.2) is 0 Å². The van der Waals surface area contributed by atoms with Crippen LogP contribution in [0.4, 0.5) is 4.79 Å². The van der Waals surface area contributed by atoms with E-state index in [1.807, 2.05) is 6.92 Å². The van der Waals surface area contributed by atoms with Crippen molar-refractivity contribution in [3.8, 4) is 0 Å². The highest BCUT2D eigenvalue weighted by atomic mass is 35.5. The molecule has 0 saturated heterocycles. The molecule has 1 aromatic rings. The molecule has 2 amide bonds. The molecule has 6 nitrogen and oxygen atoms in total. The lowest BCUT2D eigenvalue weighted by Crippen LogP contribution is -2.24. The highest BCUT2D eigenvalue weighted by molar-refractivity contribution is 6.32. The van der Waals surface area contributed by atoms with E-state index in [2.05, 4.69) is 29.5 Å². The average molecular weight is 258 g/mol. The van der Waals surface area contributed by atoms with E-state index in [0.29, 0.717) is 16.6 Å². The van der Waals surface area contributed by atoms with Crippen LogP contribution in [0.1, 0.15) is 25.1 Å². The summed E-state index contributed by atoms with van der Waals surface area (Å²) in [5, 5.41) is 8.47. The van der Waals surface area contributed by atoms with E-state index in [0.717, 1.165) is 12.2 Å². The smallest absolute Gasteiger partial charge is 0.332 e. The first-order valence-electron chi connectivity index (χ1n) is 5.23. The lowest BCUT2D eigenvalue weighted by atomic mass is 10.2. The van der Waals surface area contributed by atoms with E-state index >= 15 is 0 Å². The van der Waals surface area contributed by atoms with Gasteiger partial charge >= 0.3 is 6.03 Å². The van der Waals surface area contributed by atoms with Crippen LogP contribution >= 0.6 is 11.6 Å². The fourth-order valence-electron chi connectivity index (χ4n) is 1.34. The van der Waals surface area contributed by atoms with Crippen LogP contribution in [-0.2, 0) is 6.54 Å². The van der Waals surface area contributed by atoms with E-state index in [-0.39, 0.29) is 0 Å². The molecule has 0 fully saturated rings. The Labute approximate surface area is 105 Å². The molecule has 1 rings (SSSR count). The Balaban J connectivity index is 2.89. The normalized spacial score (nSPS) is 11.4. The van der Waals surface area contributed by atoms with E-state index in [4.69, 9.17) is 17.3 Å². The molecule has 0 aliphatic heterocycles. The molecule has 0 aromatic carbocycles. The molecule has 17 heavy (non-hydrogen) atoms. The summed E-state index contributed by atoms with van der Waals surface area (Å²) in [6, 6.07) is -0.718. The van der Waals surface area contributed by atoms with Crippen LogP contribution in [0.25, 0.3) is 0 Å². The van der Waals surface area contributed by atoms with Crippen molar-refractivity contribution in [1.82, 2.24) is 15.2 Å². The standard InChI is InChI=1S/C10H16ClN5O/c1-6(2)5-16-9(11)8(7(3)15-16)4-13-14-10(12)17/h4,6H,5H2,1-3H3,(H3,12,14,17)/b13-4-. The summed E-state index contributed by atoms with van der Waals surface area (Å²) < 4.78 is 1.72. The van der Waals surface area contributed by atoms with E-state index in [1.165, 1.54) is 6.21 Å². The monoisotopic (exact) mass is 257 g/mol. The number of aryl methyl sites for hydroxylation is 1. The van der Waals surface area contributed by atoms with Crippen molar-refractivity contribution in [2.24, 2.45) is 16.8 Å². The molecule has 94 valence electrons. The number of hydrogen-bond donors (Lipinski definition) is 2. The molecule has 0 atom stereocenters. The summed E-state index contributed by atoms with van der Waals surface area (Å²) in [4.78, 5) is 10.5. The van der Waals surface area contributed by atoms with Gasteiger partial charge in [-0.2, -0.15) is 10.2 Å². The minimum Gasteiger partial charge on any atom is -0.350 e. The summed E-state index contributed by atoms with van der Waals surface area (Å²) in [6.45, 7) is 6.72. The highest BCUT2D eigenvalue weighted by Crippen LogP contribution is 2.18. The molecule has 0 bridgehead atoms. The summed E-state index contributed by atoms with van der Waals surface area (Å²) in [5.41, 5.74) is 8.43. The first-order valence-corrected chi connectivity index (χ1v) is 5.61. The molecule has 0 saturated carbocycles. The molecule has 0 spiro atoms. The van der Waals surface area contributed by atoms with Crippen molar-refractivity contribution in [1.29, 1.82) is 0 Å². The third-order valence-electron chi connectivity index (χ3n) is 2.02. The van der Waals surface area contributed by atoms with Gasteiger partial charge in [0.25, 0.3) is 0 Å². The van der Waals surface area contributed by atoms with Crippen LogP contribution in [0, 0.1) is 12.8 Å². The second kappa shape index (κ2) is 5.67. The van der Waals surface area contributed by atoms with Crippen LogP contribution in [0.3, 0.4) is 0 Å².